The van der Waals surface area contributed by atoms with Gasteiger partial charge in [-0.1, -0.05) is 13.3 Å². The number of amides is 1. The van der Waals surface area contributed by atoms with E-state index in [0.717, 1.165) is 38.5 Å². The molecule has 0 aliphatic carbocycles. The number of hydrogen-bond acceptors (Lipinski definition) is 2. The van der Waals surface area contributed by atoms with E-state index in [2.05, 4.69) is 23.8 Å². The van der Waals surface area contributed by atoms with Gasteiger partial charge < -0.3 is 9.80 Å². The van der Waals surface area contributed by atoms with Crippen LogP contribution in [-0.2, 0) is 4.79 Å². The molecule has 2 aliphatic rings. The van der Waals surface area contributed by atoms with Crippen LogP contribution in [0.2, 0.25) is 0 Å². The summed E-state index contributed by atoms with van der Waals surface area (Å²) in [6, 6.07) is 0. The first kappa shape index (κ1) is 12.9. The Morgan fingerprint density at radius 3 is 2.47 bits per heavy atom. The average Bonchev–Trinajstić information content (AvgIpc) is 2.38. The van der Waals surface area contributed by atoms with Crippen molar-refractivity contribution >= 4 is 5.91 Å². The second-order valence-electron chi connectivity index (χ2n) is 5.78. The molecule has 2 rings (SSSR count). The van der Waals surface area contributed by atoms with E-state index >= 15 is 0 Å². The van der Waals surface area contributed by atoms with Crippen molar-refractivity contribution in [1.29, 1.82) is 0 Å². The molecule has 0 bridgehead atoms. The largest absolute Gasteiger partial charge is 0.342 e. The normalized spacial score (nSPS) is 28.4. The van der Waals surface area contributed by atoms with Crippen molar-refractivity contribution in [2.24, 2.45) is 11.8 Å². The van der Waals surface area contributed by atoms with Gasteiger partial charge in [-0.05, 0) is 45.2 Å². The number of rotatable bonds is 2. The third kappa shape index (κ3) is 3.21. The zero-order chi connectivity index (χ0) is 12.3. The van der Waals surface area contributed by atoms with Crippen LogP contribution in [-0.4, -0.2) is 48.9 Å². The average molecular weight is 238 g/mol. The Bertz CT molecular complexity index is 259. The van der Waals surface area contributed by atoms with Crippen molar-refractivity contribution in [3.63, 3.8) is 0 Å². The molecule has 0 spiro atoms. The first-order valence-corrected chi connectivity index (χ1v) is 7.18. The summed E-state index contributed by atoms with van der Waals surface area (Å²) in [5.74, 6) is 1.55. The lowest BCUT2D eigenvalue weighted by molar-refractivity contribution is -0.138. The van der Waals surface area contributed by atoms with E-state index in [4.69, 9.17) is 0 Å². The fraction of sp³-hybridized carbons (Fsp3) is 0.929. The highest BCUT2D eigenvalue weighted by atomic mass is 16.2. The molecule has 0 N–H and O–H groups in total. The van der Waals surface area contributed by atoms with Crippen LogP contribution < -0.4 is 0 Å². The van der Waals surface area contributed by atoms with Gasteiger partial charge in [0.1, 0.15) is 0 Å². The standard InChI is InChI=1S/C14H26N2O/c1-3-12-6-9-16(10-7-12)14(17)13-5-4-8-15(2)11-13/h12-13H,3-11H2,1-2H3. The Morgan fingerprint density at radius 1 is 1.18 bits per heavy atom. The molecule has 2 fully saturated rings. The van der Waals surface area contributed by atoms with Crippen molar-refractivity contribution in [3.05, 3.63) is 0 Å². The van der Waals surface area contributed by atoms with Crippen LogP contribution in [0.5, 0.6) is 0 Å². The second-order valence-corrected chi connectivity index (χ2v) is 5.78. The molecule has 2 saturated heterocycles. The maximum absolute atomic E-state index is 12.4. The predicted octanol–water partition coefficient (Wildman–Crippen LogP) is 1.98. The third-order valence-corrected chi connectivity index (χ3v) is 4.48. The van der Waals surface area contributed by atoms with E-state index in [1.54, 1.807) is 0 Å². The van der Waals surface area contributed by atoms with Crippen molar-refractivity contribution in [3.8, 4) is 0 Å². The highest BCUT2D eigenvalue weighted by Crippen LogP contribution is 2.23. The van der Waals surface area contributed by atoms with Gasteiger partial charge in [0, 0.05) is 19.6 Å². The molecule has 3 nitrogen and oxygen atoms in total. The van der Waals surface area contributed by atoms with Crippen LogP contribution in [0.3, 0.4) is 0 Å². The molecule has 98 valence electrons. The molecule has 0 aromatic carbocycles. The number of carbonyl (C=O) groups excluding carboxylic acids is 1. The van der Waals surface area contributed by atoms with Crippen LogP contribution in [0.4, 0.5) is 0 Å². The van der Waals surface area contributed by atoms with Crippen LogP contribution in [0, 0.1) is 11.8 Å². The lowest BCUT2D eigenvalue weighted by Crippen LogP contribution is -2.46. The quantitative estimate of drug-likeness (QED) is 0.734. The fourth-order valence-corrected chi connectivity index (χ4v) is 3.19. The zero-order valence-corrected chi connectivity index (χ0v) is 11.3. The molecule has 0 saturated carbocycles. The Labute approximate surface area is 105 Å². The molecule has 1 amide bonds. The highest BCUT2D eigenvalue weighted by Gasteiger charge is 2.29. The summed E-state index contributed by atoms with van der Waals surface area (Å²) in [7, 11) is 2.13. The third-order valence-electron chi connectivity index (χ3n) is 4.48. The maximum Gasteiger partial charge on any atom is 0.226 e. The molecule has 1 unspecified atom stereocenters. The van der Waals surface area contributed by atoms with E-state index in [-0.39, 0.29) is 5.92 Å². The molecular weight excluding hydrogens is 212 g/mol. The van der Waals surface area contributed by atoms with Crippen LogP contribution >= 0.6 is 0 Å². The topological polar surface area (TPSA) is 23.6 Å². The van der Waals surface area contributed by atoms with Crippen molar-refractivity contribution < 1.29 is 4.79 Å². The van der Waals surface area contributed by atoms with E-state index in [1.807, 2.05) is 0 Å². The molecule has 2 heterocycles. The van der Waals surface area contributed by atoms with Crippen LogP contribution in [0.15, 0.2) is 0 Å². The lowest BCUT2D eigenvalue weighted by atomic mass is 9.92. The Kier molecular flexibility index (Phi) is 4.43. The maximum atomic E-state index is 12.4. The molecule has 0 aromatic rings. The molecule has 0 radical (unpaired) electrons. The van der Waals surface area contributed by atoms with Crippen molar-refractivity contribution in [2.75, 3.05) is 33.2 Å². The van der Waals surface area contributed by atoms with Gasteiger partial charge in [-0.25, -0.2) is 0 Å². The van der Waals surface area contributed by atoms with Gasteiger partial charge in [0.2, 0.25) is 5.91 Å². The molecule has 17 heavy (non-hydrogen) atoms. The van der Waals surface area contributed by atoms with Gasteiger partial charge >= 0.3 is 0 Å². The number of carbonyl (C=O) groups is 1. The van der Waals surface area contributed by atoms with Gasteiger partial charge in [0.15, 0.2) is 0 Å². The highest BCUT2D eigenvalue weighted by molar-refractivity contribution is 5.79. The SMILES string of the molecule is CCC1CCN(C(=O)C2CCCN(C)C2)CC1. The number of hydrogen-bond donors (Lipinski definition) is 0. The van der Waals surface area contributed by atoms with Crippen molar-refractivity contribution in [2.45, 2.75) is 39.0 Å². The molecule has 2 aliphatic heterocycles. The number of likely N-dealkylation sites (tertiary alicyclic amines) is 2. The summed E-state index contributed by atoms with van der Waals surface area (Å²) in [6.07, 6.45) is 5.97. The Balaban J connectivity index is 1.83. The van der Waals surface area contributed by atoms with E-state index in [1.165, 1.54) is 25.7 Å². The van der Waals surface area contributed by atoms with Gasteiger partial charge in [0.05, 0.1) is 5.92 Å². The number of piperidine rings is 2. The van der Waals surface area contributed by atoms with Gasteiger partial charge in [-0.2, -0.15) is 0 Å². The van der Waals surface area contributed by atoms with Gasteiger partial charge in [0.25, 0.3) is 0 Å². The second kappa shape index (κ2) is 5.85. The van der Waals surface area contributed by atoms with E-state index in [9.17, 15) is 4.79 Å². The predicted molar refractivity (Wildman–Crippen MR) is 69.8 cm³/mol. The monoisotopic (exact) mass is 238 g/mol. The summed E-state index contributed by atoms with van der Waals surface area (Å²) in [5.41, 5.74) is 0. The Morgan fingerprint density at radius 2 is 1.88 bits per heavy atom. The first-order valence-electron chi connectivity index (χ1n) is 7.18. The summed E-state index contributed by atoms with van der Waals surface area (Å²) in [5, 5.41) is 0. The minimum atomic E-state index is 0.270. The van der Waals surface area contributed by atoms with E-state index in [0.29, 0.717) is 5.91 Å². The number of nitrogens with zero attached hydrogens (tertiary/aromatic N) is 2. The summed E-state index contributed by atoms with van der Waals surface area (Å²) >= 11 is 0. The van der Waals surface area contributed by atoms with Crippen LogP contribution in [0.1, 0.15) is 39.0 Å². The molecule has 3 heteroatoms. The molecule has 1 atom stereocenters. The summed E-state index contributed by atoms with van der Waals surface area (Å²) in [6.45, 7) is 6.38. The fourth-order valence-electron chi connectivity index (χ4n) is 3.19. The summed E-state index contributed by atoms with van der Waals surface area (Å²) < 4.78 is 0. The first-order chi connectivity index (χ1) is 8.20. The smallest absolute Gasteiger partial charge is 0.226 e. The minimum absolute atomic E-state index is 0.270. The zero-order valence-electron chi connectivity index (χ0n) is 11.3. The molecule has 0 aromatic heterocycles. The Hall–Kier alpha value is -0.570. The minimum Gasteiger partial charge on any atom is -0.342 e. The van der Waals surface area contributed by atoms with Gasteiger partial charge in [-0.15, -0.1) is 0 Å². The lowest BCUT2D eigenvalue weighted by Gasteiger charge is -2.36. The van der Waals surface area contributed by atoms with Crippen LogP contribution in [0.25, 0.3) is 0 Å². The molecular formula is C14H26N2O. The van der Waals surface area contributed by atoms with Crippen molar-refractivity contribution in [1.82, 2.24) is 9.80 Å². The summed E-state index contributed by atoms with van der Waals surface area (Å²) in [4.78, 5) is 16.8. The van der Waals surface area contributed by atoms with Gasteiger partial charge in [-0.3, -0.25) is 4.79 Å². The van der Waals surface area contributed by atoms with E-state index < -0.39 is 0 Å².